The molecule has 1 saturated heterocycles. The molecule has 1 N–H and O–H groups in total. The van der Waals surface area contributed by atoms with Gasteiger partial charge in [-0.05, 0) is 17.9 Å². The number of carbonyl (C=O) groups is 1. The van der Waals surface area contributed by atoms with Crippen LogP contribution in [0, 0.1) is 5.92 Å². The fourth-order valence-electron chi connectivity index (χ4n) is 3.35. The van der Waals surface area contributed by atoms with Crippen LogP contribution >= 0.6 is 11.3 Å². The molecule has 1 aromatic heterocycles. The quantitative estimate of drug-likeness (QED) is 0.811. The average molecular weight is 373 g/mol. The van der Waals surface area contributed by atoms with Gasteiger partial charge >= 0.3 is 0 Å². The summed E-state index contributed by atoms with van der Waals surface area (Å²) in [6, 6.07) is 10.4. The highest BCUT2D eigenvalue weighted by Gasteiger charge is 2.22. The molecular weight excluding hydrogens is 344 g/mol. The van der Waals surface area contributed by atoms with Gasteiger partial charge in [0.1, 0.15) is 0 Å². The number of benzene rings is 1. The molecule has 140 valence electrons. The minimum absolute atomic E-state index is 0.0836. The van der Waals surface area contributed by atoms with E-state index in [1.165, 1.54) is 5.56 Å². The Morgan fingerprint density at radius 3 is 2.54 bits per heavy atom. The lowest BCUT2D eigenvalue weighted by atomic mass is 9.97. The number of nitrogens with one attached hydrogen (secondary N) is 1. The largest absolute Gasteiger partial charge is 0.348 e. The maximum absolute atomic E-state index is 12.6. The van der Waals surface area contributed by atoms with E-state index >= 15 is 0 Å². The van der Waals surface area contributed by atoms with Gasteiger partial charge in [-0.25, -0.2) is 4.98 Å². The van der Waals surface area contributed by atoms with Gasteiger partial charge in [0.05, 0.1) is 12.6 Å². The first-order chi connectivity index (χ1) is 12.6. The third-order valence-electron chi connectivity index (χ3n) is 4.67. The number of rotatable bonds is 7. The zero-order valence-electron chi connectivity index (χ0n) is 15.6. The molecule has 0 radical (unpaired) electrons. The van der Waals surface area contributed by atoms with E-state index in [4.69, 9.17) is 0 Å². The van der Waals surface area contributed by atoms with E-state index in [2.05, 4.69) is 46.1 Å². The molecule has 1 aromatic carbocycles. The zero-order valence-corrected chi connectivity index (χ0v) is 16.4. The monoisotopic (exact) mass is 372 g/mol. The van der Waals surface area contributed by atoms with Crippen molar-refractivity contribution in [3.8, 4) is 0 Å². The summed E-state index contributed by atoms with van der Waals surface area (Å²) < 4.78 is 0. The van der Waals surface area contributed by atoms with E-state index < -0.39 is 0 Å². The highest BCUT2D eigenvalue weighted by atomic mass is 32.1. The zero-order chi connectivity index (χ0) is 18.4. The lowest BCUT2D eigenvalue weighted by Crippen LogP contribution is -2.49. The Kier molecular flexibility index (Phi) is 6.63. The maximum atomic E-state index is 12.6. The van der Waals surface area contributed by atoms with Gasteiger partial charge in [0, 0.05) is 37.8 Å². The van der Waals surface area contributed by atoms with Crippen molar-refractivity contribution in [2.24, 2.45) is 5.92 Å². The van der Waals surface area contributed by atoms with Crippen LogP contribution in [-0.2, 0) is 4.79 Å². The Morgan fingerprint density at radius 1 is 1.19 bits per heavy atom. The van der Waals surface area contributed by atoms with Crippen LogP contribution in [0.5, 0.6) is 0 Å². The second-order valence-electron chi connectivity index (χ2n) is 7.24. The van der Waals surface area contributed by atoms with Crippen LogP contribution in [0.1, 0.15) is 31.9 Å². The maximum Gasteiger partial charge on any atom is 0.234 e. The number of nitrogens with zero attached hydrogens (tertiary/aromatic N) is 3. The number of thiazole rings is 1. The van der Waals surface area contributed by atoms with Crippen LogP contribution in [0.3, 0.4) is 0 Å². The van der Waals surface area contributed by atoms with Gasteiger partial charge in [-0.2, -0.15) is 0 Å². The number of piperazine rings is 1. The summed E-state index contributed by atoms with van der Waals surface area (Å²) >= 11 is 1.67. The molecule has 1 fully saturated rings. The van der Waals surface area contributed by atoms with E-state index in [1.807, 2.05) is 29.8 Å². The molecule has 1 aliphatic rings. The van der Waals surface area contributed by atoms with Gasteiger partial charge in [0.25, 0.3) is 0 Å². The van der Waals surface area contributed by atoms with Crippen molar-refractivity contribution in [1.82, 2.24) is 15.2 Å². The Labute approximate surface area is 160 Å². The molecule has 26 heavy (non-hydrogen) atoms. The van der Waals surface area contributed by atoms with Crippen molar-refractivity contribution < 1.29 is 4.79 Å². The first-order valence-corrected chi connectivity index (χ1v) is 10.2. The predicted octanol–water partition coefficient (Wildman–Crippen LogP) is 3.17. The number of amides is 1. The fraction of sp³-hybridized carbons (Fsp3) is 0.500. The van der Waals surface area contributed by atoms with Crippen LogP contribution < -0.4 is 10.2 Å². The number of aromatic nitrogens is 1. The molecule has 1 amide bonds. The highest BCUT2D eigenvalue weighted by Crippen LogP contribution is 2.21. The lowest BCUT2D eigenvalue weighted by molar-refractivity contribution is -0.123. The number of hydrogen-bond acceptors (Lipinski definition) is 5. The van der Waals surface area contributed by atoms with Crippen LogP contribution in [-0.4, -0.2) is 48.5 Å². The Bertz CT molecular complexity index is 666. The highest BCUT2D eigenvalue weighted by molar-refractivity contribution is 7.13. The Hall–Kier alpha value is -1.92. The third kappa shape index (κ3) is 5.29. The minimum atomic E-state index is 0.0836. The molecule has 2 aromatic rings. The van der Waals surface area contributed by atoms with Crippen molar-refractivity contribution in [3.63, 3.8) is 0 Å². The summed E-state index contributed by atoms with van der Waals surface area (Å²) in [5, 5.41) is 6.33. The fourth-order valence-corrected chi connectivity index (χ4v) is 4.04. The smallest absolute Gasteiger partial charge is 0.234 e. The predicted molar refractivity (Wildman–Crippen MR) is 108 cm³/mol. The molecule has 0 aliphatic carbocycles. The molecule has 0 unspecified atom stereocenters. The van der Waals surface area contributed by atoms with Gasteiger partial charge in [0.2, 0.25) is 5.91 Å². The summed E-state index contributed by atoms with van der Waals surface area (Å²) in [7, 11) is 0. The van der Waals surface area contributed by atoms with Crippen LogP contribution in [0.25, 0.3) is 0 Å². The molecule has 0 bridgehead atoms. The van der Waals surface area contributed by atoms with Gasteiger partial charge in [-0.3, -0.25) is 9.69 Å². The standard InChI is InChI=1S/C20H28N4OS/c1-16(2)14-18(17-6-4-3-5-7-17)22-19(25)15-23-9-11-24(12-10-23)20-21-8-13-26-20/h3-8,13,16,18H,9-12,14-15H2,1-2H3,(H,22,25)/t18-/m0/s1. The van der Waals surface area contributed by atoms with E-state index in [1.54, 1.807) is 11.3 Å². The third-order valence-corrected chi connectivity index (χ3v) is 5.51. The molecule has 1 aliphatic heterocycles. The average Bonchev–Trinajstić information content (AvgIpc) is 3.17. The second-order valence-corrected chi connectivity index (χ2v) is 8.11. The van der Waals surface area contributed by atoms with E-state index in [-0.39, 0.29) is 11.9 Å². The van der Waals surface area contributed by atoms with Crippen LogP contribution in [0.4, 0.5) is 5.13 Å². The van der Waals surface area contributed by atoms with Crippen LogP contribution in [0.15, 0.2) is 41.9 Å². The molecule has 2 heterocycles. The normalized spacial score (nSPS) is 16.7. The minimum Gasteiger partial charge on any atom is -0.348 e. The van der Waals surface area contributed by atoms with Gasteiger partial charge in [-0.1, -0.05) is 44.2 Å². The van der Waals surface area contributed by atoms with Crippen molar-refractivity contribution in [1.29, 1.82) is 0 Å². The topological polar surface area (TPSA) is 48.5 Å². The summed E-state index contributed by atoms with van der Waals surface area (Å²) in [5.41, 5.74) is 1.18. The van der Waals surface area contributed by atoms with Gasteiger partial charge in [-0.15, -0.1) is 11.3 Å². The van der Waals surface area contributed by atoms with Crippen molar-refractivity contribution in [3.05, 3.63) is 47.5 Å². The molecule has 1 atom stereocenters. The van der Waals surface area contributed by atoms with Crippen molar-refractivity contribution in [2.45, 2.75) is 26.3 Å². The first-order valence-electron chi connectivity index (χ1n) is 9.33. The van der Waals surface area contributed by atoms with E-state index in [0.717, 1.165) is 37.7 Å². The van der Waals surface area contributed by atoms with E-state index in [9.17, 15) is 4.79 Å². The summed E-state index contributed by atoms with van der Waals surface area (Å²) in [6.45, 7) is 8.50. The molecule has 0 spiro atoms. The van der Waals surface area contributed by atoms with Crippen molar-refractivity contribution in [2.75, 3.05) is 37.6 Å². The van der Waals surface area contributed by atoms with E-state index in [0.29, 0.717) is 12.5 Å². The number of hydrogen-bond donors (Lipinski definition) is 1. The van der Waals surface area contributed by atoms with Gasteiger partial charge < -0.3 is 10.2 Å². The Balaban J connectivity index is 1.51. The summed E-state index contributed by atoms with van der Waals surface area (Å²) in [6.07, 6.45) is 2.80. The molecule has 3 rings (SSSR count). The van der Waals surface area contributed by atoms with Crippen LogP contribution in [0.2, 0.25) is 0 Å². The molecule has 6 heteroatoms. The first kappa shape index (κ1) is 18.9. The Morgan fingerprint density at radius 2 is 1.92 bits per heavy atom. The van der Waals surface area contributed by atoms with Gasteiger partial charge in [0.15, 0.2) is 5.13 Å². The number of anilines is 1. The SMILES string of the molecule is CC(C)C[C@H](NC(=O)CN1CCN(c2nccs2)CC1)c1ccccc1. The summed E-state index contributed by atoms with van der Waals surface area (Å²) in [5.74, 6) is 0.643. The van der Waals surface area contributed by atoms with Crippen molar-refractivity contribution >= 4 is 22.4 Å². The second kappa shape index (κ2) is 9.14. The lowest BCUT2D eigenvalue weighted by Gasteiger charge is -2.34. The molecule has 5 nitrogen and oxygen atoms in total. The molecular formula is C20H28N4OS. The summed E-state index contributed by atoms with van der Waals surface area (Å²) in [4.78, 5) is 21.5. The number of carbonyl (C=O) groups excluding carboxylic acids is 1. The molecule has 0 saturated carbocycles.